The summed E-state index contributed by atoms with van der Waals surface area (Å²) in [5, 5.41) is 2.11. The van der Waals surface area contributed by atoms with Gasteiger partial charge in [0.25, 0.3) is 0 Å². The lowest BCUT2D eigenvalue weighted by atomic mass is 10.1. The molecule has 2 N–H and O–H groups in total. The number of thiophene rings is 1. The first-order valence-electron chi connectivity index (χ1n) is 5.96. The molecular weight excluding hydrogens is 388 g/mol. The molecule has 1 atom stereocenters. The first-order chi connectivity index (χ1) is 8.97. The monoisotopic (exact) mass is 402 g/mol. The molecule has 1 aromatic carbocycles. The maximum Gasteiger partial charge on any atom is 0.0520 e. The molecule has 0 saturated heterocycles. The summed E-state index contributed by atoms with van der Waals surface area (Å²) in [6.07, 6.45) is 0. The number of hydrogen-bond donors (Lipinski definition) is 1. The van der Waals surface area contributed by atoms with Crippen LogP contribution in [0.4, 0.5) is 5.69 Å². The lowest BCUT2D eigenvalue weighted by molar-refractivity contribution is 0.816. The van der Waals surface area contributed by atoms with E-state index in [0.29, 0.717) is 0 Å². The van der Waals surface area contributed by atoms with Crippen LogP contribution in [-0.2, 0) is 6.54 Å². The molecule has 2 aromatic rings. The Morgan fingerprint density at radius 2 is 2.05 bits per heavy atom. The van der Waals surface area contributed by atoms with E-state index in [0.717, 1.165) is 21.1 Å². The third-order valence-corrected chi connectivity index (χ3v) is 5.24. The number of rotatable bonds is 4. The standard InChI is InChI=1S/C14H16Br2N2S/c1-9(17)10-3-4-14(13(16)5-10)18(2)7-12-6-11(15)8-19-12/h3-6,8-9H,7,17H2,1-2H3/t9-/m0/s1. The van der Waals surface area contributed by atoms with Crippen molar-refractivity contribution in [3.05, 3.63) is 49.0 Å². The summed E-state index contributed by atoms with van der Waals surface area (Å²) in [5.74, 6) is 0. The smallest absolute Gasteiger partial charge is 0.0520 e. The minimum atomic E-state index is 0.0592. The zero-order valence-corrected chi connectivity index (χ0v) is 14.8. The van der Waals surface area contributed by atoms with Crippen molar-refractivity contribution in [2.24, 2.45) is 5.73 Å². The number of halogens is 2. The van der Waals surface area contributed by atoms with Gasteiger partial charge in [0.15, 0.2) is 0 Å². The van der Waals surface area contributed by atoms with Crippen LogP contribution in [0.1, 0.15) is 23.4 Å². The van der Waals surface area contributed by atoms with E-state index in [1.165, 1.54) is 10.6 Å². The number of anilines is 1. The number of benzene rings is 1. The zero-order chi connectivity index (χ0) is 14.0. The van der Waals surface area contributed by atoms with E-state index in [2.05, 4.69) is 73.5 Å². The normalized spacial score (nSPS) is 12.5. The molecular formula is C14H16Br2N2S. The van der Waals surface area contributed by atoms with Crippen LogP contribution < -0.4 is 10.6 Å². The van der Waals surface area contributed by atoms with Crippen molar-refractivity contribution in [1.29, 1.82) is 0 Å². The van der Waals surface area contributed by atoms with Gasteiger partial charge in [0.05, 0.1) is 12.2 Å². The lowest BCUT2D eigenvalue weighted by Gasteiger charge is -2.21. The summed E-state index contributed by atoms with van der Waals surface area (Å²) in [6.45, 7) is 2.89. The average Bonchev–Trinajstić information content (AvgIpc) is 2.74. The van der Waals surface area contributed by atoms with Gasteiger partial charge in [-0.3, -0.25) is 0 Å². The van der Waals surface area contributed by atoms with E-state index in [-0.39, 0.29) is 6.04 Å². The summed E-state index contributed by atoms with van der Waals surface area (Å²) < 4.78 is 2.23. The molecule has 0 unspecified atom stereocenters. The molecule has 0 aliphatic rings. The maximum atomic E-state index is 5.90. The minimum absolute atomic E-state index is 0.0592. The number of nitrogens with zero attached hydrogens (tertiary/aromatic N) is 1. The highest BCUT2D eigenvalue weighted by Gasteiger charge is 2.10. The second kappa shape index (κ2) is 6.39. The topological polar surface area (TPSA) is 29.3 Å². The molecule has 2 nitrogen and oxygen atoms in total. The predicted molar refractivity (Wildman–Crippen MR) is 90.9 cm³/mol. The molecule has 0 saturated carbocycles. The summed E-state index contributed by atoms with van der Waals surface area (Å²) in [7, 11) is 2.10. The Labute approximate surface area is 134 Å². The molecule has 0 bridgehead atoms. The fraction of sp³-hybridized carbons (Fsp3) is 0.286. The van der Waals surface area contributed by atoms with Crippen LogP contribution in [0.5, 0.6) is 0 Å². The van der Waals surface area contributed by atoms with E-state index in [1.54, 1.807) is 11.3 Å². The highest BCUT2D eigenvalue weighted by Crippen LogP contribution is 2.30. The van der Waals surface area contributed by atoms with Crippen LogP contribution in [0, 0.1) is 0 Å². The third kappa shape index (κ3) is 3.81. The first-order valence-corrected chi connectivity index (χ1v) is 8.43. The van der Waals surface area contributed by atoms with Gasteiger partial charge in [0.2, 0.25) is 0 Å². The van der Waals surface area contributed by atoms with Crippen molar-refractivity contribution in [3.63, 3.8) is 0 Å². The summed E-state index contributed by atoms with van der Waals surface area (Å²) in [4.78, 5) is 3.56. The Kier molecular flexibility index (Phi) is 5.06. The Balaban J connectivity index is 2.17. The molecule has 0 radical (unpaired) electrons. The van der Waals surface area contributed by atoms with Crippen LogP contribution in [-0.4, -0.2) is 7.05 Å². The molecule has 0 fully saturated rings. The highest BCUT2D eigenvalue weighted by atomic mass is 79.9. The minimum Gasteiger partial charge on any atom is -0.369 e. The highest BCUT2D eigenvalue weighted by molar-refractivity contribution is 9.10. The third-order valence-electron chi connectivity index (χ3n) is 2.92. The van der Waals surface area contributed by atoms with E-state index in [1.807, 2.05) is 6.92 Å². The van der Waals surface area contributed by atoms with Crippen LogP contribution in [0.3, 0.4) is 0 Å². The van der Waals surface area contributed by atoms with E-state index >= 15 is 0 Å². The van der Waals surface area contributed by atoms with Gasteiger partial charge in [-0.2, -0.15) is 0 Å². The molecule has 2 rings (SSSR count). The number of nitrogens with two attached hydrogens (primary N) is 1. The van der Waals surface area contributed by atoms with Crippen LogP contribution >= 0.6 is 43.2 Å². The van der Waals surface area contributed by atoms with E-state index in [9.17, 15) is 0 Å². The van der Waals surface area contributed by atoms with Crippen molar-refractivity contribution in [3.8, 4) is 0 Å². The van der Waals surface area contributed by atoms with Crippen molar-refractivity contribution in [1.82, 2.24) is 0 Å². The first kappa shape index (κ1) is 15.0. The van der Waals surface area contributed by atoms with E-state index in [4.69, 9.17) is 5.73 Å². The summed E-state index contributed by atoms with van der Waals surface area (Å²) in [5.41, 5.74) is 8.21. The summed E-state index contributed by atoms with van der Waals surface area (Å²) >= 11 is 8.88. The van der Waals surface area contributed by atoms with Crippen molar-refractivity contribution in [2.75, 3.05) is 11.9 Å². The van der Waals surface area contributed by atoms with Crippen LogP contribution in [0.2, 0.25) is 0 Å². The van der Waals surface area contributed by atoms with Gasteiger partial charge >= 0.3 is 0 Å². The van der Waals surface area contributed by atoms with Crippen molar-refractivity contribution >= 4 is 48.9 Å². The molecule has 102 valence electrons. The fourth-order valence-corrected chi connectivity index (χ4v) is 4.07. The van der Waals surface area contributed by atoms with Crippen LogP contribution in [0.15, 0.2) is 38.6 Å². The molecule has 5 heteroatoms. The predicted octanol–water partition coefficient (Wildman–Crippen LogP) is 4.93. The Morgan fingerprint density at radius 3 is 2.58 bits per heavy atom. The van der Waals surface area contributed by atoms with Gasteiger partial charge in [0.1, 0.15) is 0 Å². The lowest BCUT2D eigenvalue weighted by Crippen LogP contribution is -2.16. The Morgan fingerprint density at radius 1 is 1.32 bits per heavy atom. The van der Waals surface area contributed by atoms with Gasteiger partial charge in [-0.15, -0.1) is 11.3 Å². The molecule has 1 heterocycles. The fourth-order valence-electron chi connectivity index (χ4n) is 1.87. The SMILES string of the molecule is C[C@H](N)c1ccc(N(C)Cc2cc(Br)cs2)c(Br)c1. The van der Waals surface area contributed by atoms with E-state index < -0.39 is 0 Å². The molecule has 0 amide bonds. The van der Waals surface area contributed by atoms with Crippen LogP contribution in [0.25, 0.3) is 0 Å². The zero-order valence-electron chi connectivity index (χ0n) is 10.9. The molecule has 0 aliphatic carbocycles. The quantitative estimate of drug-likeness (QED) is 0.783. The molecule has 0 spiro atoms. The Hall–Kier alpha value is -0.360. The number of hydrogen-bond acceptors (Lipinski definition) is 3. The van der Waals surface area contributed by atoms with Gasteiger partial charge in [-0.25, -0.2) is 0 Å². The average molecular weight is 404 g/mol. The maximum absolute atomic E-state index is 5.90. The summed E-state index contributed by atoms with van der Waals surface area (Å²) in [6, 6.07) is 8.52. The van der Waals surface area contributed by atoms with Crippen molar-refractivity contribution in [2.45, 2.75) is 19.5 Å². The van der Waals surface area contributed by atoms with Gasteiger partial charge < -0.3 is 10.6 Å². The Bertz CT molecular complexity index is 566. The van der Waals surface area contributed by atoms with Gasteiger partial charge in [0, 0.05) is 32.3 Å². The second-order valence-electron chi connectivity index (χ2n) is 4.59. The molecule has 0 aliphatic heterocycles. The van der Waals surface area contributed by atoms with Crippen molar-refractivity contribution < 1.29 is 0 Å². The molecule has 1 aromatic heterocycles. The largest absolute Gasteiger partial charge is 0.369 e. The van der Waals surface area contributed by atoms with Gasteiger partial charge in [-0.1, -0.05) is 6.07 Å². The second-order valence-corrected chi connectivity index (χ2v) is 7.35. The van der Waals surface area contributed by atoms with Gasteiger partial charge in [-0.05, 0) is 62.5 Å². The molecule has 19 heavy (non-hydrogen) atoms.